The minimum Gasteiger partial charge on any atom is -0.378 e. The third-order valence-electron chi connectivity index (χ3n) is 4.67. The second-order valence-corrected chi connectivity index (χ2v) is 5.91. The van der Waals surface area contributed by atoms with Crippen molar-refractivity contribution >= 4 is 0 Å². The summed E-state index contributed by atoms with van der Waals surface area (Å²) in [4.78, 5) is 0. The lowest BCUT2D eigenvalue weighted by Gasteiger charge is -2.28. The summed E-state index contributed by atoms with van der Waals surface area (Å²) in [5.74, 6) is 2.42. The van der Waals surface area contributed by atoms with Crippen molar-refractivity contribution in [1.29, 1.82) is 0 Å². The van der Waals surface area contributed by atoms with Crippen LogP contribution >= 0.6 is 0 Å². The van der Waals surface area contributed by atoms with E-state index >= 15 is 0 Å². The number of ether oxygens (including phenoxy) is 1. The summed E-state index contributed by atoms with van der Waals surface area (Å²) in [7, 11) is 0. The first-order valence-corrected chi connectivity index (χ1v) is 7.32. The lowest BCUT2D eigenvalue weighted by Crippen LogP contribution is -2.33. The Hall–Kier alpha value is -0.120. The fourth-order valence-electron chi connectivity index (χ4n) is 3.19. The van der Waals surface area contributed by atoms with Crippen LogP contribution in [0.25, 0.3) is 0 Å². The van der Waals surface area contributed by atoms with Crippen molar-refractivity contribution in [2.45, 2.75) is 45.1 Å². The molecule has 0 aromatic heterocycles. The van der Waals surface area contributed by atoms with Crippen molar-refractivity contribution in [3.05, 3.63) is 0 Å². The van der Waals surface area contributed by atoms with E-state index < -0.39 is 0 Å². The van der Waals surface area contributed by atoms with Gasteiger partial charge in [0.05, 0.1) is 6.10 Å². The minimum absolute atomic E-state index is 0.454. The third kappa shape index (κ3) is 3.94. The quantitative estimate of drug-likeness (QED) is 0.770. The highest BCUT2D eigenvalue weighted by molar-refractivity contribution is 4.77. The zero-order chi connectivity index (χ0) is 12.1. The molecule has 0 amide bonds. The summed E-state index contributed by atoms with van der Waals surface area (Å²) >= 11 is 0. The van der Waals surface area contributed by atoms with Gasteiger partial charge in [0, 0.05) is 13.2 Å². The molecule has 0 aromatic carbocycles. The van der Waals surface area contributed by atoms with Gasteiger partial charge in [0.1, 0.15) is 0 Å². The Kier molecular flexibility index (Phi) is 5.26. The molecule has 0 bridgehead atoms. The van der Waals surface area contributed by atoms with Crippen LogP contribution in [0.4, 0.5) is 0 Å². The van der Waals surface area contributed by atoms with E-state index in [2.05, 4.69) is 12.2 Å². The summed E-state index contributed by atoms with van der Waals surface area (Å²) in [5.41, 5.74) is 5.72. The fourth-order valence-corrected chi connectivity index (χ4v) is 3.19. The Morgan fingerprint density at radius 1 is 1.06 bits per heavy atom. The summed E-state index contributed by atoms with van der Waals surface area (Å²) < 4.78 is 5.58. The maximum absolute atomic E-state index is 5.72. The minimum atomic E-state index is 0.454. The monoisotopic (exact) mass is 240 g/mol. The van der Waals surface area contributed by atoms with E-state index in [1.165, 1.54) is 38.6 Å². The molecule has 3 N–H and O–H groups in total. The molecule has 0 radical (unpaired) electrons. The molecule has 2 atom stereocenters. The molecule has 0 spiro atoms. The number of nitrogens with one attached hydrogen (secondary N) is 1. The first kappa shape index (κ1) is 13.3. The Balaban J connectivity index is 1.56. The van der Waals surface area contributed by atoms with Gasteiger partial charge < -0.3 is 15.8 Å². The Morgan fingerprint density at radius 2 is 1.76 bits per heavy atom. The SMILES string of the molecule is CC1OCCC1CNCC1CCC(CN)CC1. The van der Waals surface area contributed by atoms with Crippen LogP contribution in [0.1, 0.15) is 39.0 Å². The highest BCUT2D eigenvalue weighted by Crippen LogP contribution is 2.27. The molecule has 1 saturated carbocycles. The highest BCUT2D eigenvalue weighted by Gasteiger charge is 2.24. The molecule has 2 fully saturated rings. The number of nitrogens with two attached hydrogens (primary N) is 1. The first-order chi connectivity index (χ1) is 8.29. The van der Waals surface area contributed by atoms with Crippen molar-refractivity contribution in [1.82, 2.24) is 5.32 Å². The molecule has 2 unspecified atom stereocenters. The Labute approximate surface area is 105 Å². The zero-order valence-corrected chi connectivity index (χ0v) is 11.2. The number of hydrogen-bond acceptors (Lipinski definition) is 3. The van der Waals surface area contributed by atoms with Gasteiger partial charge >= 0.3 is 0 Å². The molecule has 17 heavy (non-hydrogen) atoms. The summed E-state index contributed by atoms with van der Waals surface area (Å²) in [5, 5.41) is 3.65. The van der Waals surface area contributed by atoms with Gasteiger partial charge in [-0.2, -0.15) is 0 Å². The summed E-state index contributed by atoms with van der Waals surface area (Å²) in [6, 6.07) is 0. The van der Waals surface area contributed by atoms with E-state index in [1.54, 1.807) is 0 Å². The molecule has 1 aliphatic heterocycles. The number of rotatable bonds is 5. The van der Waals surface area contributed by atoms with Crippen LogP contribution in [-0.4, -0.2) is 32.3 Å². The van der Waals surface area contributed by atoms with Crippen molar-refractivity contribution < 1.29 is 4.74 Å². The van der Waals surface area contributed by atoms with E-state index in [4.69, 9.17) is 10.5 Å². The van der Waals surface area contributed by atoms with E-state index in [0.29, 0.717) is 6.10 Å². The van der Waals surface area contributed by atoms with E-state index in [1.807, 2.05) is 0 Å². The van der Waals surface area contributed by atoms with Gasteiger partial charge in [-0.05, 0) is 69.9 Å². The van der Waals surface area contributed by atoms with Gasteiger partial charge in [0.2, 0.25) is 0 Å². The van der Waals surface area contributed by atoms with Crippen molar-refractivity contribution in [3.8, 4) is 0 Å². The van der Waals surface area contributed by atoms with E-state index in [9.17, 15) is 0 Å². The van der Waals surface area contributed by atoms with Crippen molar-refractivity contribution in [3.63, 3.8) is 0 Å². The van der Waals surface area contributed by atoms with Crippen molar-refractivity contribution in [2.24, 2.45) is 23.5 Å². The van der Waals surface area contributed by atoms with E-state index in [0.717, 1.165) is 37.5 Å². The molecule has 100 valence electrons. The smallest absolute Gasteiger partial charge is 0.0588 e. The second kappa shape index (κ2) is 6.72. The molecule has 2 rings (SSSR count). The van der Waals surface area contributed by atoms with Gasteiger partial charge in [-0.3, -0.25) is 0 Å². The summed E-state index contributed by atoms with van der Waals surface area (Å²) in [6.07, 6.45) is 7.10. The Morgan fingerprint density at radius 3 is 2.35 bits per heavy atom. The maximum atomic E-state index is 5.72. The van der Waals surface area contributed by atoms with Gasteiger partial charge in [-0.25, -0.2) is 0 Å². The molecule has 1 aliphatic carbocycles. The second-order valence-electron chi connectivity index (χ2n) is 5.91. The predicted octanol–water partition coefficient (Wildman–Crippen LogP) is 1.77. The fraction of sp³-hybridized carbons (Fsp3) is 1.00. The molecule has 2 aliphatic rings. The highest BCUT2D eigenvalue weighted by atomic mass is 16.5. The largest absolute Gasteiger partial charge is 0.378 e. The molecular weight excluding hydrogens is 212 g/mol. The van der Waals surface area contributed by atoms with Gasteiger partial charge in [0.25, 0.3) is 0 Å². The lowest BCUT2D eigenvalue weighted by atomic mass is 9.82. The standard InChI is InChI=1S/C14H28N2O/c1-11-14(6-7-17-11)10-16-9-13-4-2-12(8-15)3-5-13/h11-14,16H,2-10,15H2,1H3. The third-order valence-corrected chi connectivity index (χ3v) is 4.67. The molecule has 3 nitrogen and oxygen atoms in total. The topological polar surface area (TPSA) is 47.3 Å². The van der Waals surface area contributed by atoms with Crippen LogP contribution in [0.15, 0.2) is 0 Å². The van der Waals surface area contributed by atoms with Crippen LogP contribution in [0.5, 0.6) is 0 Å². The molecule has 1 heterocycles. The number of hydrogen-bond donors (Lipinski definition) is 2. The van der Waals surface area contributed by atoms with Gasteiger partial charge in [-0.1, -0.05) is 0 Å². The first-order valence-electron chi connectivity index (χ1n) is 7.32. The Bertz CT molecular complexity index is 214. The van der Waals surface area contributed by atoms with Crippen LogP contribution in [0, 0.1) is 17.8 Å². The van der Waals surface area contributed by atoms with Gasteiger partial charge in [-0.15, -0.1) is 0 Å². The maximum Gasteiger partial charge on any atom is 0.0588 e. The van der Waals surface area contributed by atoms with Crippen LogP contribution in [0.2, 0.25) is 0 Å². The molecule has 0 aromatic rings. The zero-order valence-electron chi connectivity index (χ0n) is 11.2. The lowest BCUT2D eigenvalue weighted by molar-refractivity contribution is 0.105. The normalized spacial score (nSPS) is 38.5. The average molecular weight is 240 g/mol. The van der Waals surface area contributed by atoms with Crippen LogP contribution < -0.4 is 11.1 Å². The van der Waals surface area contributed by atoms with Gasteiger partial charge in [0.15, 0.2) is 0 Å². The predicted molar refractivity (Wildman–Crippen MR) is 70.9 cm³/mol. The van der Waals surface area contributed by atoms with Crippen molar-refractivity contribution in [2.75, 3.05) is 26.2 Å². The van der Waals surface area contributed by atoms with E-state index in [-0.39, 0.29) is 0 Å². The average Bonchev–Trinajstić information content (AvgIpc) is 2.76. The van der Waals surface area contributed by atoms with Crippen LogP contribution in [0.3, 0.4) is 0 Å². The summed E-state index contributed by atoms with van der Waals surface area (Å²) in [6.45, 7) is 6.37. The molecule has 3 heteroatoms. The molecule has 1 saturated heterocycles. The molecular formula is C14H28N2O. The van der Waals surface area contributed by atoms with Crippen LogP contribution in [-0.2, 0) is 4.74 Å².